The van der Waals surface area contributed by atoms with E-state index >= 15 is 0 Å². The van der Waals surface area contributed by atoms with Crippen molar-refractivity contribution in [3.63, 3.8) is 0 Å². The van der Waals surface area contributed by atoms with Gasteiger partial charge in [0, 0.05) is 25.7 Å². The highest BCUT2D eigenvalue weighted by molar-refractivity contribution is 6.30. The molecule has 0 radical (unpaired) electrons. The molecule has 6 aromatic carbocycles. The van der Waals surface area contributed by atoms with Crippen LogP contribution in [0.15, 0.2) is 146 Å². The van der Waals surface area contributed by atoms with Crippen molar-refractivity contribution in [2.24, 2.45) is 35.5 Å². The van der Waals surface area contributed by atoms with Crippen LogP contribution in [0, 0.1) is 35.5 Å². The van der Waals surface area contributed by atoms with Crippen molar-refractivity contribution in [3.8, 4) is 46.0 Å². The topological polar surface area (TPSA) is 468 Å². The van der Waals surface area contributed by atoms with E-state index in [-0.39, 0.29) is 163 Å². The van der Waals surface area contributed by atoms with Gasteiger partial charge in [-0.3, -0.25) is 47.9 Å². The third kappa shape index (κ3) is 38.3. The van der Waals surface area contributed by atoms with Gasteiger partial charge < -0.3 is 96.2 Å². The second kappa shape index (κ2) is 56.4. The summed E-state index contributed by atoms with van der Waals surface area (Å²) >= 11 is 0. The van der Waals surface area contributed by atoms with Crippen molar-refractivity contribution in [2.45, 2.75) is 168 Å². The number of aliphatic hydroxyl groups is 4. The lowest BCUT2D eigenvalue weighted by atomic mass is 9.82. The van der Waals surface area contributed by atoms with E-state index in [2.05, 4.69) is 9.47 Å². The maximum absolute atomic E-state index is 12.8. The van der Waals surface area contributed by atoms with Gasteiger partial charge in [-0.1, -0.05) is 48.5 Å². The van der Waals surface area contributed by atoms with Crippen LogP contribution in [0.1, 0.15) is 153 Å². The molecule has 0 saturated heterocycles. The van der Waals surface area contributed by atoms with Crippen LogP contribution >= 0.6 is 0 Å². The van der Waals surface area contributed by atoms with Gasteiger partial charge in [-0.05, 0) is 224 Å². The average molecular weight is 1790 g/mol. The fraction of sp³-hybridized carbons (Fsp3) is 0.468. The highest BCUT2D eigenvalue weighted by atomic mass is 16.6. The molecule has 6 aromatic rings. The minimum atomic E-state index is -1.04. The quantitative estimate of drug-likeness (QED) is 0.0120. The molecule has 9 rings (SSSR count). The molecule has 3 aliphatic carbocycles. The summed E-state index contributed by atoms with van der Waals surface area (Å²) in [4.78, 5) is 168. The SMILES string of the molecule is CCOC(=O)C(=O)OCCc1ccc(OC(=O)C2CCC(C(=O)Oc3ccc(CCOC(=O)C(=O)OCC)cc3)CC2)cc1.CCOC(=O)CCC(=O)OCCc1ccc(OC(=O)C2CCC(C(=O)Oc3ccc(CCOC(=O)CCC(=O)OCC)cc3)CC2)cc1.O=C(Oc1ccc(OCC(O)CO)cc1)C1CCC(C(=O)Oc2ccc(OCC(O)CO)cc2)CC1. The second-order valence-electron chi connectivity index (χ2n) is 29.7. The fourth-order valence-electron chi connectivity index (χ4n) is 13.1. The number of ether oxygens (including phenoxy) is 16. The molecule has 2 unspecified atom stereocenters. The van der Waals surface area contributed by atoms with Gasteiger partial charge >= 0.3 is 83.6 Å². The molecule has 128 heavy (non-hydrogen) atoms. The van der Waals surface area contributed by atoms with Crippen LogP contribution in [0.2, 0.25) is 0 Å². The van der Waals surface area contributed by atoms with E-state index in [4.69, 9.17) is 76.5 Å². The van der Waals surface area contributed by atoms with Crippen LogP contribution in [0.3, 0.4) is 0 Å². The second-order valence-corrected chi connectivity index (χ2v) is 29.7. The first kappa shape index (κ1) is 102. The fourth-order valence-corrected chi connectivity index (χ4v) is 13.1. The maximum atomic E-state index is 12.8. The Morgan fingerprint density at radius 2 is 0.438 bits per heavy atom. The summed E-state index contributed by atoms with van der Waals surface area (Å²) in [6.45, 7) is 6.77. The lowest BCUT2D eigenvalue weighted by Crippen LogP contribution is -2.30. The number of hydrogen-bond donors (Lipinski definition) is 4. The summed E-state index contributed by atoms with van der Waals surface area (Å²) in [5.74, 6) is -6.71. The van der Waals surface area contributed by atoms with Crippen LogP contribution < -0.4 is 37.9 Å². The normalized spacial score (nSPS) is 16.6. The van der Waals surface area contributed by atoms with Gasteiger partial charge in [0.2, 0.25) is 0 Å². The molecule has 0 spiro atoms. The molecule has 3 fully saturated rings. The van der Waals surface area contributed by atoms with Gasteiger partial charge in [0.05, 0.1) is 127 Å². The predicted molar refractivity (Wildman–Crippen MR) is 450 cm³/mol. The van der Waals surface area contributed by atoms with Crippen molar-refractivity contribution < 1.29 is 163 Å². The average Bonchev–Trinajstić information content (AvgIpc) is 0.854. The lowest BCUT2D eigenvalue weighted by molar-refractivity contribution is -0.167. The minimum absolute atomic E-state index is 0.00613. The van der Waals surface area contributed by atoms with Crippen LogP contribution in [0.25, 0.3) is 0 Å². The minimum Gasteiger partial charge on any atom is -0.491 e. The van der Waals surface area contributed by atoms with Crippen molar-refractivity contribution in [2.75, 3.05) is 79.3 Å². The van der Waals surface area contributed by atoms with Gasteiger partial charge in [-0.25, -0.2) is 19.2 Å². The molecule has 0 bridgehead atoms. The molecule has 2 atom stereocenters. The van der Waals surface area contributed by atoms with Gasteiger partial charge in [-0.2, -0.15) is 0 Å². The zero-order valence-corrected chi connectivity index (χ0v) is 72.1. The van der Waals surface area contributed by atoms with Crippen LogP contribution in [-0.4, -0.2) is 195 Å². The Hall–Kier alpha value is -12.7. The first-order valence-corrected chi connectivity index (χ1v) is 42.7. The van der Waals surface area contributed by atoms with Crippen LogP contribution in [0.4, 0.5) is 0 Å². The summed E-state index contributed by atoms with van der Waals surface area (Å²) in [7, 11) is 0. The van der Waals surface area contributed by atoms with Gasteiger partial charge in [0.1, 0.15) is 71.4 Å². The van der Waals surface area contributed by atoms with Crippen molar-refractivity contribution in [1.29, 1.82) is 0 Å². The van der Waals surface area contributed by atoms with Gasteiger partial charge in [0.25, 0.3) is 0 Å². The molecule has 34 nitrogen and oxygen atoms in total. The number of rotatable bonds is 42. The molecule has 0 aromatic heterocycles. The zero-order chi connectivity index (χ0) is 92.5. The Morgan fingerprint density at radius 1 is 0.258 bits per heavy atom. The summed E-state index contributed by atoms with van der Waals surface area (Å²) in [6.07, 6.45) is 5.74. The largest absolute Gasteiger partial charge is 0.491 e. The molecular weight excluding hydrogens is 1670 g/mol. The third-order valence-electron chi connectivity index (χ3n) is 20.3. The summed E-state index contributed by atoms with van der Waals surface area (Å²) < 4.78 is 82.5. The van der Waals surface area contributed by atoms with E-state index < -0.39 is 73.2 Å². The first-order chi connectivity index (χ1) is 61.7. The van der Waals surface area contributed by atoms with E-state index in [0.717, 1.165) is 22.3 Å². The highest BCUT2D eigenvalue weighted by Gasteiger charge is 2.36. The monoisotopic (exact) mass is 1780 g/mol. The number of hydrogen-bond acceptors (Lipinski definition) is 34. The molecule has 34 heteroatoms. The molecule has 3 aliphatic rings. The van der Waals surface area contributed by atoms with Crippen LogP contribution in [0.5, 0.6) is 46.0 Å². The Morgan fingerprint density at radius 3 is 0.641 bits per heavy atom. The standard InChI is InChI=1S/C36H44O12.C32H36O12.C26H32O10/c1-3-43-31(37)17-19-33(39)45-23-21-25-5-13-29(14-6-25)47-35(41)27-9-11-28(12-10-27)36(42)48-30-15-7-26(8-16-30)22-24-46-34(40)20-18-32(38)44-4-2;1-3-39-29(35)31(37)41-19-17-21-5-13-25(14-6-21)43-27(33)23-9-11-24(12-10-23)28(34)44-26-15-7-22(8-16-26)18-20-42-32(38)30(36)40-4-2;27-13-19(29)15-33-21-5-9-23(10-6-21)35-25(31)17-1-2-18(4-3-17)26(32)36-24-11-7-22(8-12-24)34-16-20(30)14-28/h5-8,13-16,27-28H,3-4,9-12,17-24H2,1-2H3;5-8,13-16,23-24H,3-4,9-12,17-20H2,1-2H3;5-12,17-20,27-30H,1-4,13-16H2. The number of aliphatic hydroxyl groups excluding tert-OH is 4. The van der Waals surface area contributed by atoms with E-state index in [1.54, 1.807) is 173 Å². The third-order valence-corrected chi connectivity index (χ3v) is 20.3. The summed E-state index contributed by atoms with van der Waals surface area (Å²) in [5.41, 5.74) is 3.44. The molecule has 0 heterocycles. The van der Waals surface area contributed by atoms with Gasteiger partial charge in [0.15, 0.2) is 0 Å². The Kier molecular flexibility index (Phi) is 45.1. The van der Waals surface area contributed by atoms with E-state index in [9.17, 15) is 77.3 Å². The Bertz CT molecular complexity index is 4220. The highest BCUT2D eigenvalue weighted by Crippen LogP contribution is 2.36. The van der Waals surface area contributed by atoms with E-state index in [0.29, 0.717) is 149 Å². The molecule has 692 valence electrons. The van der Waals surface area contributed by atoms with E-state index in [1.165, 1.54) is 0 Å². The molecule has 4 N–H and O–H groups in total. The predicted octanol–water partition coefficient (Wildman–Crippen LogP) is 9.63. The maximum Gasteiger partial charge on any atom is 0.417 e. The van der Waals surface area contributed by atoms with Crippen molar-refractivity contribution in [1.82, 2.24) is 0 Å². The number of esters is 14. The van der Waals surface area contributed by atoms with E-state index in [1.807, 2.05) is 0 Å². The van der Waals surface area contributed by atoms with Crippen LogP contribution in [-0.2, 0) is 131 Å². The Balaban J connectivity index is 0.000000266. The number of carbonyl (C=O) groups is 14. The zero-order valence-electron chi connectivity index (χ0n) is 72.1. The van der Waals surface area contributed by atoms with Gasteiger partial charge in [-0.15, -0.1) is 0 Å². The molecular formula is C94H112O34. The lowest BCUT2D eigenvalue weighted by Gasteiger charge is -2.25. The smallest absolute Gasteiger partial charge is 0.417 e. The molecule has 3 saturated carbocycles. The first-order valence-electron chi connectivity index (χ1n) is 42.7. The van der Waals surface area contributed by atoms with Crippen molar-refractivity contribution in [3.05, 3.63) is 168 Å². The summed E-state index contributed by atoms with van der Waals surface area (Å²) in [6, 6.07) is 40.2. The molecule has 0 amide bonds. The Labute approximate surface area is 740 Å². The number of carbonyl (C=O) groups excluding carboxylic acids is 14. The molecule has 0 aliphatic heterocycles. The number of benzene rings is 6. The van der Waals surface area contributed by atoms with Crippen molar-refractivity contribution >= 4 is 83.6 Å². The summed E-state index contributed by atoms with van der Waals surface area (Å²) in [5, 5.41) is 36.3.